The Balaban J connectivity index is 1.51. The van der Waals surface area contributed by atoms with E-state index in [0.29, 0.717) is 16.9 Å². The fourth-order valence-corrected chi connectivity index (χ4v) is 3.58. The van der Waals surface area contributed by atoms with Gasteiger partial charge in [0, 0.05) is 5.69 Å². The number of carbonyl (C=O) groups excluding carboxylic acids is 3. The smallest absolute Gasteiger partial charge is 0.282 e. The second kappa shape index (κ2) is 10.1. The van der Waals surface area contributed by atoms with Crippen LogP contribution in [0.2, 0.25) is 5.02 Å². The summed E-state index contributed by atoms with van der Waals surface area (Å²) < 4.78 is 11.0. The number of anilines is 2. The molecule has 0 spiro atoms. The van der Waals surface area contributed by atoms with Crippen molar-refractivity contribution in [3.8, 4) is 11.5 Å². The summed E-state index contributed by atoms with van der Waals surface area (Å²) in [5.41, 5.74) is 4.12. The van der Waals surface area contributed by atoms with Gasteiger partial charge in [0.2, 0.25) is 0 Å². The predicted molar refractivity (Wildman–Crippen MR) is 129 cm³/mol. The molecule has 1 fully saturated rings. The molecule has 3 aromatic carbocycles. The highest BCUT2D eigenvalue weighted by Crippen LogP contribution is 2.37. The second-order valence-electron chi connectivity index (χ2n) is 7.21. The Hall–Kier alpha value is -4.30. The predicted octanol–water partition coefficient (Wildman–Crippen LogP) is 3.83. The Morgan fingerprint density at radius 3 is 2.41 bits per heavy atom. The van der Waals surface area contributed by atoms with E-state index in [1.807, 2.05) is 12.1 Å². The van der Waals surface area contributed by atoms with E-state index in [1.165, 1.54) is 24.3 Å². The fourth-order valence-electron chi connectivity index (χ4n) is 3.30. The van der Waals surface area contributed by atoms with E-state index >= 15 is 0 Å². The van der Waals surface area contributed by atoms with Gasteiger partial charge in [-0.2, -0.15) is 0 Å². The van der Waals surface area contributed by atoms with Crippen LogP contribution in [-0.2, 0) is 14.4 Å². The van der Waals surface area contributed by atoms with Gasteiger partial charge in [-0.25, -0.2) is 5.01 Å². The number of amides is 3. The molecule has 9 heteroatoms. The van der Waals surface area contributed by atoms with Crippen molar-refractivity contribution in [1.29, 1.82) is 0 Å². The van der Waals surface area contributed by atoms with Crippen LogP contribution in [0.4, 0.5) is 11.4 Å². The highest BCUT2D eigenvalue weighted by Gasteiger charge is 2.34. The summed E-state index contributed by atoms with van der Waals surface area (Å²) in [5, 5.41) is 4.05. The van der Waals surface area contributed by atoms with E-state index < -0.39 is 11.8 Å². The molecule has 1 saturated heterocycles. The van der Waals surface area contributed by atoms with E-state index in [0.717, 1.165) is 0 Å². The van der Waals surface area contributed by atoms with Gasteiger partial charge in [0.25, 0.3) is 17.7 Å². The molecule has 172 valence electrons. The largest absolute Gasteiger partial charge is 0.493 e. The van der Waals surface area contributed by atoms with E-state index in [4.69, 9.17) is 21.1 Å². The van der Waals surface area contributed by atoms with Gasteiger partial charge in [-0.05, 0) is 48.0 Å². The minimum atomic E-state index is -0.540. The van der Waals surface area contributed by atoms with Crippen LogP contribution in [0.3, 0.4) is 0 Å². The van der Waals surface area contributed by atoms with Crippen molar-refractivity contribution in [2.45, 2.75) is 0 Å². The van der Waals surface area contributed by atoms with Crippen LogP contribution in [0.15, 0.2) is 78.4 Å². The Morgan fingerprint density at radius 1 is 1.06 bits per heavy atom. The van der Waals surface area contributed by atoms with Crippen molar-refractivity contribution >= 4 is 46.8 Å². The number of ether oxygens (including phenoxy) is 2. The maximum absolute atomic E-state index is 12.8. The van der Waals surface area contributed by atoms with Gasteiger partial charge >= 0.3 is 0 Å². The number of hydrazine groups is 1. The van der Waals surface area contributed by atoms with Crippen LogP contribution in [0, 0.1) is 0 Å². The molecule has 1 aliphatic rings. The van der Waals surface area contributed by atoms with Crippen LogP contribution >= 0.6 is 11.6 Å². The summed E-state index contributed by atoms with van der Waals surface area (Å²) in [4.78, 5) is 37.4. The SMILES string of the molecule is COc1cc(C=C2C(=O)NN(c3ccccc3)C2=O)cc(Cl)c1OCC(=O)Nc1ccccc1. The summed E-state index contributed by atoms with van der Waals surface area (Å²) >= 11 is 6.38. The minimum absolute atomic E-state index is 0.0575. The zero-order chi connectivity index (χ0) is 24.1. The summed E-state index contributed by atoms with van der Waals surface area (Å²) in [6.07, 6.45) is 1.42. The molecule has 0 saturated carbocycles. The number of hydrogen-bond donors (Lipinski definition) is 2. The average molecular weight is 478 g/mol. The topological polar surface area (TPSA) is 97.0 Å². The molecule has 0 radical (unpaired) electrons. The molecular formula is C25H20ClN3O5. The summed E-state index contributed by atoms with van der Waals surface area (Å²) in [7, 11) is 1.42. The lowest BCUT2D eigenvalue weighted by molar-refractivity contribution is -0.118. The van der Waals surface area contributed by atoms with Gasteiger partial charge in [0.05, 0.1) is 17.8 Å². The monoisotopic (exact) mass is 477 g/mol. The molecule has 1 aliphatic heterocycles. The van der Waals surface area contributed by atoms with Crippen molar-refractivity contribution in [2.75, 3.05) is 24.0 Å². The molecule has 3 aromatic rings. The molecule has 0 aliphatic carbocycles. The van der Waals surface area contributed by atoms with Crippen molar-refractivity contribution in [3.63, 3.8) is 0 Å². The average Bonchev–Trinajstić information content (AvgIpc) is 3.12. The number of halogens is 1. The zero-order valence-electron chi connectivity index (χ0n) is 18.1. The molecule has 34 heavy (non-hydrogen) atoms. The van der Waals surface area contributed by atoms with Crippen molar-refractivity contribution in [2.24, 2.45) is 0 Å². The van der Waals surface area contributed by atoms with Gasteiger partial charge in [0.15, 0.2) is 18.1 Å². The lowest BCUT2D eigenvalue weighted by atomic mass is 10.1. The third-order valence-electron chi connectivity index (χ3n) is 4.87. The normalized spacial score (nSPS) is 14.2. The number of nitrogens with one attached hydrogen (secondary N) is 2. The van der Waals surface area contributed by atoms with Crippen LogP contribution in [0.5, 0.6) is 11.5 Å². The van der Waals surface area contributed by atoms with E-state index in [9.17, 15) is 14.4 Å². The van der Waals surface area contributed by atoms with Gasteiger partial charge in [0.1, 0.15) is 5.57 Å². The molecule has 0 unspecified atom stereocenters. The number of hydrogen-bond acceptors (Lipinski definition) is 5. The van der Waals surface area contributed by atoms with Crippen molar-refractivity contribution in [1.82, 2.24) is 5.43 Å². The Kier molecular flexibility index (Phi) is 6.79. The zero-order valence-corrected chi connectivity index (χ0v) is 18.8. The van der Waals surface area contributed by atoms with Crippen LogP contribution in [-0.4, -0.2) is 31.4 Å². The number of nitrogens with zero attached hydrogens (tertiary/aromatic N) is 1. The molecule has 8 nitrogen and oxygen atoms in total. The van der Waals surface area contributed by atoms with Gasteiger partial charge in [-0.15, -0.1) is 0 Å². The van der Waals surface area contributed by atoms with Crippen molar-refractivity contribution < 1.29 is 23.9 Å². The number of carbonyl (C=O) groups is 3. The Labute approximate surface area is 200 Å². The number of rotatable bonds is 7. The standard InChI is InChI=1S/C25H20ClN3O5/c1-33-21-14-16(12-19-24(31)28-29(25(19)32)18-10-6-3-7-11-18)13-20(26)23(21)34-15-22(30)27-17-8-4-2-5-9-17/h2-14H,15H2,1H3,(H,27,30)(H,28,31). The number of benzene rings is 3. The molecule has 0 atom stereocenters. The molecule has 0 aromatic heterocycles. The Morgan fingerprint density at radius 2 is 1.74 bits per heavy atom. The first-order chi connectivity index (χ1) is 16.5. The van der Waals surface area contributed by atoms with E-state index in [1.54, 1.807) is 54.6 Å². The van der Waals surface area contributed by atoms with E-state index in [2.05, 4.69) is 10.7 Å². The maximum Gasteiger partial charge on any atom is 0.282 e. The molecule has 0 bridgehead atoms. The first-order valence-electron chi connectivity index (χ1n) is 10.2. The number of para-hydroxylation sites is 2. The first-order valence-corrected chi connectivity index (χ1v) is 10.6. The first kappa shape index (κ1) is 22.9. The lowest BCUT2D eigenvalue weighted by Crippen LogP contribution is -2.35. The summed E-state index contributed by atoms with van der Waals surface area (Å²) in [6, 6.07) is 20.8. The fraction of sp³-hybridized carbons (Fsp3) is 0.0800. The minimum Gasteiger partial charge on any atom is -0.493 e. The van der Waals surface area contributed by atoms with Gasteiger partial charge in [-0.1, -0.05) is 48.0 Å². The van der Waals surface area contributed by atoms with E-state index in [-0.39, 0.29) is 34.6 Å². The van der Waals surface area contributed by atoms with Crippen molar-refractivity contribution in [3.05, 3.63) is 89.0 Å². The van der Waals surface area contributed by atoms with Gasteiger partial charge in [-0.3, -0.25) is 19.8 Å². The third kappa shape index (κ3) is 5.02. The molecule has 3 amide bonds. The Bertz CT molecular complexity index is 1260. The maximum atomic E-state index is 12.8. The quantitative estimate of drug-likeness (QED) is 0.398. The third-order valence-corrected chi connectivity index (χ3v) is 5.15. The van der Waals surface area contributed by atoms with Crippen LogP contribution in [0.25, 0.3) is 6.08 Å². The lowest BCUT2D eigenvalue weighted by Gasteiger charge is -2.14. The molecule has 4 rings (SSSR count). The van der Waals surface area contributed by atoms with Crippen LogP contribution in [0.1, 0.15) is 5.56 Å². The highest BCUT2D eigenvalue weighted by atomic mass is 35.5. The second-order valence-corrected chi connectivity index (χ2v) is 7.62. The summed E-state index contributed by atoms with van der Waals surface area (Å²) in [6.45, 7) is -0.293. The van der Waals surface area contributed by atoms with Crippen LogP contribution < -0.4 is 25.2 Å². The summed E-state index contributed by atoms with van der Waals surface area (Å²) in [5.74, 6) is -0.990. The highest BCUT2D eigenvalue weighted by molar-refractivity contribution is 6.33. The molecular weight excluding hydrogens is 458 g/mol. The number of methoxy groups -OCH3 is 1. The molecule has 2 N–H and O–H groups in total. The van der Waals surface area contributed by atoms with Gasteiger partial charge < -0.3 is 14.8 Å². The molecule has 1 heterocycles.